The van der Waals surface area contributed by atoms with Gasteiger partial charge in [-0.15, -0.1) is 22.7 Å². The van der Waals surface area contributed by atoms with E-state index in [2.05, 4.69) is 20.9 Å². The molecule has 0 aliphatic rings. The summed E-state index contributed by atoms with van der Waals surface area (Å²) >= 11 is 6.04. The number of carboxylic acid groups (broad SMARTS) is 1. The Kier molecular flexibility index (Phi) is 2.90. The van der Waals surface area contributed by atoms with Crippen LogP contribution in [0.3, 0.4) is 0 Å². The molecule has 0 saturated carbocycles. The Balaban J connectivity index is 2.56. The van der Waals surface area contributed by atoms with Crippen LogP contribution in [0.15, 0.2) is 15.9 Å². The summed E-state index contributed by atoms with van der Waals surface area (Å²) in [6.45, 7) is 1.81. The fourth-order valence-corrected chi connectivity index (χ4v) is 3.40. The molecule has 0 aromatic carbocycles. The van der Waals surface area contributed by atoms with Gasteiger partial charge in [-0.1, -0.05) is 0 Å². The SMILES string of the molecule is Cc1nc(-c2ccc(Br)s2)c(C(=O)O)s1. The highest BCUT2D eigenvalue weighted by atomic mass is 79.9. The lowest BCUT2D eigenvalue weighted by molar-refractivity contribution is 0.0703. The second kappa shape index (κ2) is 4.03. The number of carboxylic acids is 1. The van der Waals surface area contributed by atoms with Crippen LogP contribution >= 0.6 is 38.6 Å². The third-order valence-corrected chi connectivity index (χ3v) is 4.32. The van der Waals surface area contributed by atoms with E-state index in [1.165, 1.54) is 22.7 Å². The first kappa shape index (κ1) is 10.8. The van der Waals surface area contributed by atoms with Gasteiger partial charge in [0.25, 0.3) is 0 Å². The molecule has 2 aromatic heterocycles. The molecule has 0 aliphatic heterocycles. The van der Waals surface area contributed by atoms with Gasteiger partial charge >= 0.3 is 5.97 Å². The van der Waals surface area contributed by atoms with E-state index in [9.17, 15) is 4.79 Å². The quantitative estimate of drug-likeness (QED) is 0.921. The number of carbonyl (C=O) groups is 1. The maximum atomic E-state index is 11.0. The van der Waals surface area contributed by atoms with Crippen molar-refractivity contribution in [3.8, 4) is 10.6 Å². The number of aromatic nitrogens is 1. The average molecular weight is 304 g/mol. The maximum Gasteiger partial charge on any atom is 0.348 e. The van der Waals surface area contributed by atoms with Crippen LogP contribution in [-0.4, -0.2) is 16.1 Å². The predicted octanol–water partition coefficient (Wildman–Crippen LogP) is 3.64. The molecule has 0 spiro atoms. The number of aryl methyl sites for hydroxylation is 1. The average Bonchev–Trinajstić information content (AvgIpc) is 2.71. The first-order chi connectivity index (χ1) is 7.08. The van der Waals surface area contributed by atoms with Crippen molar-refractivity contribution in [3.63, 3.8) is 0 Å². The zero-order valence-electron chi connectivity index (χ0n) is 7.65. The van der Waals surface area contributed by atoms with Crippen molar-refractivity contribution in [2.24, 2.45) is 0 Å². The van der Waals surface area contributed by atoms with Crippen molar-refractivity contribution in [1.29, 1.82) is 0 Å². The summed E-state index contributed by atoms with van der Waals surface area (Å²) in [6, 6.07) is 3.76. The fourth-order valence-electron chi connectivity index (χ4n) is 1.18. The van der Waals surface area contributed by atoms with Crippen LogP contribution in [0.25, 0.3) is 10.6 Å². The van der Waals surface area contributed by atoms with E-state index in [1.807, 2.05) is 19.1 Å². The van der Waals surface area contributed by atoms with E-state index in [4.69, 9.17) is 5.11 Å². The molecule has 0 unspecified atom stereocenters. The number of hydrogen-bond donors (Lipinski definition) is 1. The fraction of sp³-hybridized carbons (Fsp3) is 0.111. The van der Waals surface area contributed by atoms with Crippen LogP contribution in [0.4, 0.5) is 0 Å². The van der Waals surface area contributed by atoms with E-state index in [-0.39, 0.29) is 0 Å². The van der Waals surface area contributed by atoms with Crippen LogP contribution in [-0.2, 0) is 0 Å². The summed E-state index contributed by atoms with van der Waals surface area (Å²) < 4.78 is 0.972. The van der Waals surface area contributed by atoms with Gasteiger partial charge in [-0.05, 0) is 35.0 Å². The lowest BCUT2D eigenvalue weighted by Gasteiger charge is -1.92. The normalized spacial score (nSPS) is 10.5. The largest absolute Gasteiger partial charge is 0.477 e. The topological polar surface area (TPSA) is 50.2 Å². The van der Waals surface area contributed by atoms with Crippen molar-refractivity contribution in [3.05, 3.63) is 25.8 Å². The Bertz CT molecular complexity index is 518. The Morgan fingerprint density at radius 1 is 1.47 bits per heavy atom. The molecule has 0 atom stereocenters. The highest BCUT2D eigenvalue weighted by molar-refractivity contribution is 9.11. The molecule has 1 N–H and O–H groups in total. The molecule has 2 aromatic rings. The molecule has 6 heteroatoms. The van der Waals surface area contributed by atoms with Crippen molar-refractivity contribution in [2.75, 3.05) is 0 Å². The first-order valence-corrected chi connectivity index (χ1v) is 6.47. The van der Waals surface area contributed by atoms with Crippen molar-refractivity contribution >= 4 is 44.6 Å². The van der Waals surface area contributed by atoms with Gasteiger partial charge in [-0.25, -0.2) is 9.78 Å². The van der Waals surface area contributed by atoms with Gasteiger partial charge in [-0.2, -0.15) is 0 Å². The Morgan fingerprint density at radius 3 is 2.73 bits per heavy atom. The van der Waals surface area contributed by atoms with Gasteiger partial charge in [0.15, 0.2) is 0 Å². The van der Waals surface area contributed by atoms with Crippen LogP contribution in [0, 0.1) is 6.92 Å². The van der Waals surface area contributed by atoms with Gasteiger partial charge in [0.1, 0.15) is 10.6 Å². The van der Waals surface area contributed by atoms with Gasteiger partial charge < -0.3 is 5.11 Å². The second-order valence-corrected chi connectivity index (χ2v) is 6.49. The third kappa shape index (κ3) is 2.11. The number of halogens is 1. The Labute approximate surface area is 103 Å². The molecular formula is C9H6BrNO2S2. The summed E-state index contributed by atoms with van der Waals surface area (Å²) in [5.74, 6) is -0.917. The minimum atomic E-state index is -0.917. The second-order valence-electron chi connectivity index (χ2n) is 2.82. The lowest BCUT2D eigenvalue weighted by Crippen LogP contribution is -1.94. The molecule has 78 valence electrons. The summed E-state index contributed by atoms with van der Waals surface area (Å²) in [6.07, 6.45) is 0. The maximum absolute atomic E-state index is 11.0. The molecule has 0 amide bonds. The molecule has 2 rings (SSSR count). The smallest absolute Gasteiger partial charge is 0.348 e. The number of thiazole rings is 1. The predicted molar refractivity (Wildman–Crippen MR) is 64.8 cm³/mol. The standard InChI is InChI=1S/C9H6BrNO2S2/c1-4-11-7(8(14-4)9(12)13)5-2-3-6(10)15-5/h2-3H,1H3,(H,12,13). The van der Waals surface area contributed by atoms with Crippen LogP contribution in [0.5, 0.6) is 0 Å². The van der Waals surface area contributed by atoms with Crippen LogP contribution < -0.4 is 0 Å². The number of aromatic carboxylic acids is 1. The Morgan fingerprint density at radius 2 is 2.20 bits per heavy atom. The molecule has 0 saturated heterocycles. The molecule has 2 heterocycles. The van der Waals surface area contributed by atoms with Crippen LogP contribution in [0.1, 0.15) is 14.7 Å². The molecule has 0 aliphatic carbocycles. The highest BCUT2D eigenvalue weighted by Gasteiger charge is 2.18. The summed E-state index contributed by atoms with van der Waals surface area (Å²) in [5.41, 5.74) is 0.570. The van der Waals surface area contributed by atoms with Crippen molar-refractivity contribution in [1.82, 2.24) is 4.98 Å². The van der Waals surface area contributed by atoms with Gasteiger partial charge in [0, 0.05) is 0 Å². The van der Waals surface area contributed by atoms with Gasteiger partial charge in [-0.3, -0.25) is 0 Å². The zero-order valence-corrected chi connectivity index (χ0v) is 10.9. The number of hydrogen-bond acceptors (Lipinski definition) is 4. The number of rotatable bonds is 2. The van der Waals surface area contributed by atoms with E-state index in [1.54, 1.807) is 0 Å². The molecule has 15 heavy (non-hydrogen) atoms. The molecule has 0 radical (unpaired) electrons. The monoisotopic (exact) mass is 303 g/mol. The van der Waals surface area contributed by atoms with E-state index in [0.717, 1.165) is 13.7 Å². The van der Waals surface area contributed by atoms with E-state index < -0.39 is 5.97 Å². The zero-order chi connectivity index (χ0) is 11.0. The molecule has 3 nitrogen and oxygen atoms in total. The van der Waals surface area contributed by atoms with Crippen molar-refractivity contribution < 1.29 is 9.90 Å². The highest BCUT2D eigenvalue weighted by Crippen LogP contribution is 2.34. The first-order valence-electron chi connectivity index (χ1n) is 4.04. The molecular weight excluding hydrogens is 298 g/mol. The van der Waals surface area contributed by atoms with Crippen molar-refractivity contribution in [2.45, 2.75) is 6.92 Å². The lowest BCUT2D eigenvalue weighted by atomic mass is 10.3. The van der Waals surface area contributed by atoms with E-state index in [0.29, 0.717) is 10.6 Å². The summed E-state index contributed by atoms with van der Waals surface area (Å²) in [4.78, 5) is 16.4. The summed E-state index contributed by atoms with van der Waals surface area (Å²) in [5, 5.41) is 9.78. The van der Waals surface area contributed by atoms with Gasteiger partial charge in [0.2, 0.25) is 0 Å². The summed E-state index contributed by atoms with van der Waals surface area (Å²) in [7, 11) is 0. The molecule has 0 fully saturated rings. The van der Waals surface area contributed by atoms with E-state index >= 15 is 0 Å². The molecule has 0 bridgehead atoms. The van der Waals surface area contributed by atoms with Gasteiger partial charge in [0.05, 0.1) is 13.7 Å². The minimum Gasteiger partial charge on any atom is -0.477 e. The Hall–Kier alpha value is -0.720. The third-order valence-electron chi connectivity index (χ3n) is 1.73. The number of nitrogens with zero attached hydrogens (tertiary/aromatic N) is 1. The van der Waals surface area contributed by atoms with Crippen LogP contribution in [0.2, 0.25) is 0 Å². The minimum absolute atomic E-state index is 0.307. The number of thiophene rings is 1.